The largest absolute Gasteiger partial charge is 0.352 e. The number of nitrogens with two attached hydrogens (primary N) is 1. The van der Waals surface area contributed by atoms with E-state index in [1.807, 2.05) is 6.92 Å². The molecule has 0 unspecified atom stereocenters. The molecule has 3 N–H and O–H groups in total. The lowest BCUT2D eigenvalue weighted by Gasteiger charge is -2.38. The Kier molecular flexibility index (Phi) is 1.35. The smallest absolute Gasteiger partial charge is 0.312 e. The maximum atomic E-state index is 10.3. The Balaban J connectivity index is 2.33. The first-order valence-electron chi connectivity index (χ1n) is 3.20. The Morgan fingerprint density at radius 3 is 2.33 bits per heavy atom. The highest BCUT2D eigenvalue weighted by atomic mass is 16.2. The molecule has 1 aliphatic carbocycles. The van der Waals surface area contributed by atoms with E-state index in [0.717, 1.165) is 12.8 Å². The van der Waals surface area contributed by atoms with Crippen molar-refractivity contribution in [3.05, 3.63) is 0 Å². The molecule has 3 heteroatoms. The first kappa shape index (κ1) is 6.39. The zero-order chi connectivity index (χ0) is 6.91. The number of urea groups is 1. The molecular formula is C6H12N2O. The first-order valence-corrected chi connectivity index (χ1v) is 3.20. The van der Waals surface area contributed by atoms with Crippen LogP contribution in [0, 0.1) is 0 Å². The van der Waals surface area contributed by atoms with Crippen LogP contribution in [-0.2, 0) is 0 Å². The van der Waals surface area contributed by atoms with Gasteiger partial charge in [0.05, 0.1) is 0 Å². The normalized spacial score (nSPS) is 22.3. The van der Waals surface area contributed by atoms with Crippen molar-refractivity contribution < 1.29 is 4.79 Å². The van der Waals surface area contributed by atoms with Crippen LogP contribution in [0.5, 0.6) is 0 Å². The van der Waals surface area contributed by atoms with Gasteiger partial charge in [-0.15, -0.1) is 0 Å². The third-order valence-corrected chi connectivity index (χ3v) is 1.88. The van der Waals surface area contributed by atoms with E-state index >= 15 is 0 Å². The van der Waals surface area contributed by atoms with Gasteiger partial charge in [-0.1, -0.05) is 0 Å². The summed E-state index contributed by atoms with van der Waals surface area (Å²) < 4.78 is 0. The molecule has 0 atom stereocenters. The predicted octanol–water partition coefficient (Wildman–Crippen LogP) is 0.597. The van der Waals surface area contributed by atoms with E-state index in [1.165, 1.54) is 6.42 Å². The van der Waals surface area contributed by atoms with Gasteiger partial charge in [0.15, 0.2) is 0 Å². The average Bonchev–Trinajstić information content (AvgIpc) is 1.60. The lowest BCUT2D eigenvalue weighted by atomic mass is 9.79. The van der Waals surface area contributed by atoms with Crippen molar-refractivity contribution in [3.63, 3.8) is 0 Å². The zero-order valence-corrected chi connectivity index (χ0v) is 5.61. The third-order valence-electron chi connectivity index (χ3n) is 1.88. The molecule has 0 spiro atoms. The van der Waals surface area contributed by atoms with Crippen LogP contribution in [0.4, 0.5) is 4.79 Å². The molecule has 1 aliphatic rings. The molecule has 9 heavy (non-hydrogen) atoms. The summed E-state index contributed by atoms with van der Waals surface area (Å²) in [6.07, 6.45) is 3.34. The molecule has 0 heterocycles. The van der Waals surface area contributed by atoms with Crippen molar-refractivity contribution in [2.75, 3.05) is 0 Å². The molecule has 0 saturated heterocycles. The van der Waals surface area contributed by atoms with E-state index < -0.39 is 6.03 Å². The molecule has 1 saturated carbocycles. The van der Waals surface area contributed by atoms with Crippen molar-refractivity contribution in [2.45, 2.75) is 31.7 Å². The van der Waals surface area contributed by atoms with Crippen LogP contribution in [0.1, 0.15) is 26.2 Å². The molecule has 0 radical (unpaired) electrons. The fraction of sp³-hybridized carbons (Fsp3) is 0.833. The Bertz CT molecular complexity index is 129. The molecular weight excluding hydrogens is 116 g/mol. The van der Waals surface area contributed by atoms with E-state index in [2.05, 4.69) is 5.32 Å². The van der Waals surface area contributed by atoms with E-state index in [1.54, 1.807) is 0 Å². The van der Waals surface area contributed by atoms with Gasteiger partial charge in [0, 0.05) is 5.54 Å². The van der Waals surface area contributed by atoms with Gasteiger partial charge < -0.3 is 11.1 Å². The molecule has 0 aliphatic heterocycles. The SMILES string of the molecule is CC1(NC(N)=O)CCC1. The summed E-state index contributed by atoms with van der Waals surface area (Å²) in [6, 6.07) is -0.405. The summed E-state index contributed by atoms with van der Waals surface area (Å²) in [5.74, 6) is 0. The Morgan fingerprint density at radius 1 is 1.67 bits per heavy atom. The van der Waals surface area contributed by atoms with Crippen LogP contribution in [-0.4, -0.2) is 11.6 Å². The summed E-state index contributed by atoms with van der Waals surface area (Å²) in [4.78, 5) is 10.3. The molecule has 0 aromatic heterocycles. The van der Waals surface area contributed by atoms with Crippen molar-refractivity contribution in [2.24, 2.45) is 5.73 Å². The maximum Gasteiger partial charge on any atom is 0.312 e. The van der Waals surface area contributed by atoms with Crippen molar-refractivity contribution in [1.82, 2.24) is 5.32 Å². The highest BCUT2D eigenvalue weighted by molar-refractivity contribution is 5.72. The summed E-state index contributed by atoms with van der Waals surface area (Å²) in [7, 11) is 0. The lowest BCUT2D eigenvalue weighted by Crippen LogP contribution is -2.52. The molecule has 1 rings (SSSR count). The van der Waals surface area contributed by atoms with Crippen LogP contribution in [0.2, 0.25) is 0 Å². The molecule has 0 bridgehead atoms. The Hall–Kier alpha value is -0.730. The quantitative estimate of drug-likeness (QED) is 0.533. The number of hydrogen-bond donors (Lipinski definition) is 2. The molecule has 3 nitrogen and oxygen atoms in total. The maximum absolute atomic E-state index is 10.3. The Morgan fingerprint density at radius 2 is 2.22 bits per heavy atom. The van der Waals surface area contributed by atoms with Crippen molar-refractivity contribution in [3.8, 4) is 0 Å². The van der Waals surface area contributed by atoms with Crippen LogP contribution >= 0.6 is 0 Å². The Labute approximate surface area is 54.6 Å². The second-order valence-corrected chi connectivity index (χ2v) is 2.90. The van der Waals surface area contributed by atoms with Crippen molar-refractivity contribution in [1.29, 1.82) is 0 Å². The standard InChI is InChI=1S/C6H12N2O/c1-6(3-2-4-6)8-5(7)9/h2-4H2,1H3,(H3,7,8,9). The minimum atomic E-state index is -0.405. The van der Waals surface area contributed by atoms with Gasteiger partial charge >= 0.3 is 6.03 Å². The van der Waals surface area contributed by atoms with Gasteiger partial charge in [-0.2, -0.15) is 0 Å². The minimum absolute atomic E-state index is 0.0197. The number of rotatable bonds is 1. The summed E-state index contributed by atoms with van der Waals surface area (Å²) in [5.41, 5.74) is 4.96. The predicted molar refractivity (Wildman–Crippen MR) is 35.0 cm³/mol. The molecule has 2 amide bonds. The van der Waals surface area contributed by atoms with Gasteiger partial charge in [-0.25, -0.2) is 4.79 Å². The second-order valence-electron chi connectivity index (χ2n) is 2.90. The number of hydrogen-bond acceptors (Lipinski definition) is 1. The molecule has 1 fully saturated rings. The van der Waals surface area contributed by atoms with Gasteiger partial charge in [0.1, 0.15) is 0 Å². The number of carbonyl (C=O) groups is 1. The van der Waals surface area contributed by atoms with E-state index in [9.17, 15) is 4.79 Å². The van der Waals surface area contributed by atoms with Crippen LogP contribution in [0.15, 0.2) is 0 Å². The van der Waals surface area contributed by atoms with Gasteiger partial charge in [-0.05, 0) is 26.2 Å². The second kappa shape index (κ2) is 1.90. The van der Waals surface area contributed by atoms with Gasteiger partial charge in [0.25, 0.3) is 0 Å². The summed E-state index contributed by atoms with van der Waals surface area (Å²) in [6.45, 7) is 2.02. The van der Waals surface area contributed by atoms with Gasteiger partial charge in [0.2, 0.25) is 0 Å². The number of primary amides is 1. The van der Waals surface area contributed by atoms with Crippen LogP contribution in [0.3, 0.4) is 0 Å². The number of amides is 2. The first-order chi connectivity index (χ1) is 4.12. The zero-order valence-electron chi connectivity index (χ0n) is 5.61. The molecule has 0 aromatic rings. The van der Waals surface area contributed by atoms with Crippen LogP contribution in [0.25, 0.3) is 0 Å². The number of nitrogens with one attached hydrogen (secondary N) is 1. The van der Waals surface area contributed by atoms with E-state index in [-0.39, 0.29) is 5.54 Å². The summed E-state index contributed by atoms with van der Waals surface area (Å²) >= 11 is 0. The highest BCUT2D eigenvalue weighted by Crippen LogP contribution is 2.30. The number of carbonyl (C=O) groups excluding carboxylic acids is 1. The topological polar surface area (TPSA) is 55.1 Å². The fourth-order valence-electron chi connectivity index (χ4n) is 1.13. The van der Waals surface area contributed by atoms with Crippen LogP contribution < -0.4 is 11.1 Å². The highest BCUT2D eigenvalue weighted by Gasteiger charge is 2.32. The van der Waals surface area contributed by atoms with E-state index in [0.29, 0.717) is 0 Å². The van der Waals surface area contributed by atoms with E-state index in [4.69, 9.17) is 5.73 Å². The molecule has 52 valence electrons. The fourth-order valence-corrected chi connectivity index (χ4v) is 1.13. The molecule has 0 aromatic carbocycles. The third kappa shape index (κ3) is 1.34. The van der Waals surface area contributed by atoms with Gasteiger partial charge in [-0.3, -0.25) is 0 Å². The summed E-state index contributed by atoms with van der Waals surface area (Å²) in [5, 5.41) is 2.69. The lowest BCUT2D eigenvalue weighted by molar-refractivity contribution is 0.197. The monoisotopic (exact) mass is 128 g/mol. The van der Waals surface area contributed by atoms with Crippen molar-refractivity contribution >= 4 is 6.03 Å². The minimum Gasteiger partial charge on any atom is -0.352 e. The average molecular weight is 128 g/mol.